The Morgan fingerprint density at radius 1 is 0.971 bits per heavy atom. The number of likely N-dealkylation sites (N-methyl/N-ethyl adjacent to an activating group) is 1. The van der Waals surface area contributed by atoms with Crippen LogP contribution in [0.4, 0.5) is 0 Å². The summed E-state index contributed by atoms with van der Waals surface area (Å²) < 4.78 is 6.74. The summed E-state index contributed by atoms with van der Waals surface area (Å²) in [5.74, 6) is -0.799. The molecule has 1 atom stereocenters. The van der Waals surface area contributed by atoms with Crippen LogP contribution in [0, 0.1) is 0 Å². The molecular formula is C28H27BrN2O4. The maximum Gasteiger partial charge on any atom is 0.295 e. The van der Waals surface area contributed by atoms with Crippen LogP contribution < -0.4 is 4.74 Å². The number of ether oxygens (including phenoxy) is 1. The van der Waals surface area contributed by atoms with Crippen LogP contribution in [0.25, 0.3) is 5.76 Å². The van der Waals surface area contributed by atoms with E-state index in [0.29, 0.717) is 31.0 Å². The van der Waals surface area contributed by atoms with E-state index in [2.05, 4.69) is 15.9 Å². The lowest BCUT2D eigenvalue weighted by Gasteiger charge is -2.26. The molecule has 1 saturated heterocycles. The zero-order valence-electron chi connectivity index (χ0n) is 19.6. The number of aliphatic hydroxyl groups excluding tert-OH is 1. The monoisotopic (exact) mass is 534 g/mol. The highest BCUT2D eigenvalue weighted by atomic mass is 79.9. The predicted octanol–water partition coefficient (Wildman–Crippen LogP) is 5.01. The molecule has 1 fully saturated rings. The summed E-state index contributed by atoms with van der Waals surface area (Å²) in [5.41, 5.74) is 2.36. The second-order valence-electron chi connectivity index (χ2n) is 8.65. The third-order valence-corrected chi connectivity index (χ3v) is 6.42. The van der Waals surface area contributed by atoms with Gasteiger partial charge in [0.15, 0.2) is 0 Å². The van der Waals surface area contributed by atoms with Crippen LogP contribution in [0.15, 0.2) is 88.9 Å². The number of aliphatic hydroxyl groups is 1. The first-order chi connectivity index (χ1) is 16.8. The molecular weight excluding hydrogens is 508 g/mol. The van der Waals surface area contributed by atoms with Crippen molar-refractivity contribution >= 4 is 33.4 Å². The fourth-order valence-electron chi connectivity index (χ4n) is 4.02. The zero-order chi connectivity index (χ0) is 24.9. The summed E-state index contributed by atoms with van der Waals surface area (Å²) in [6.45, 7) is 1.37. The fourth-order valence-corrected chi connectivity index (χ4v) is 4.28. The number of carbonyl (C=O) groups excluding carboxylic acids is 2. The summed E-state index contributed by atoms with van der Waals surface area (Å²) in [7, 11) is 3.82. The van der Waals surface area contributed by atoms with Crippen LogP contribution in [0.3, 0.4) is 0 Å². The minimum absolute atomic E-state index is 0.0917. The van der Waals surface area contributed by atoms with Crippen molar-refractivity contribution in [3.8, 4) is 5.75 Å². The molecule has 1 unspecified atom stereocenters. The molecule has 3 aromatic rings. The van der Waals surface area contributed by atoms with Crippen molar-refractivity contribution < 1.29 is 19.4 Å². The standard InChI is InChI=1S/C28H27BrN2O4/c1-30(2)16-17-31-25(20-10-14-23(15-11-20)35-18-19-6-4-3-5-7-19)24(27(33)28(31)34)26(32)21-8-12-22(29)13-9-21/h3-15,25,32H,16-18H2,1-2H3/b26-24+. The Morgan fingerprint density at radius 3 is 2.26 bits per heavy atom. The van der Waals surface area contributed by atoms with Crippen LogP contribution in [0.5, 0.6) is 5.75 Å². The number of amides is 1. The van der Waals surface area contributed by atoms with Crippen LogP contribution >= 0.6 is 15.9 Å². The van der Waals surface area contributed by atoms with E-state index in [1.54, 1.807) is 24.3 Å². The number of carbonyl (C=O) groups is 2. The lowest BCUT2D eigenvalue weighted by atomic mass is 9.95. The summed E-state index contributed by atoms with van der Waals surface area (Å²) in [6.07, 6.45) is 0. The van der Waals surface area contributed by atoms with Gasteiger partial charge in [-0.2, -0.15) is 0 Å². The number of hydrogen-bond acceptors (Lipinski definition) is 5. The largest absolute Gasteiger partial charge is 0.507 e. The number of ketones is 1. The summed E-state index contributed by atoms with van der Waals surface area (Å²) in [5, 5.41) is 11.1. The predicted molar refractivity (Wildman–Crippen MR) is 139 cm³/mol. The molecule has 0 aliphatic carbocycles. The molecule has 35 heavy (non-hydrogen) atoms. The molecule has 1 aliphatic heterocycles. The summed E-state index contributed by atoms with van der Waals surface area (Å²) >= 11 is 3.38. The molecule has 6 nitrogen and oxygen atoms in total. The van der Waals surface area contributed by atoms with Gasteiger partial charge in [-0.05, 0) is 49.5 Å². The molecule has 4 rings (SSSR count). The van der Waals surface area contributed by atoms with E-state index in [4.69, 9.17) is 4.74 Å². The quantitative estimate of drug-likeness (QED) is 0.250. The lowest BCUT2D eigenvalue weighted by Crippen LogP contribution is -2.35. The Balaban J connectivity index is 1.67. The van der Waals surface area contributed by atoms with Crippen LogP contribution in [-0.4, -0.2) is 53.8 Å². The minimum Gasteiger partial charge on any atom is -0.507 e. The van der Waals surface area contributed by atoms with Gasteiger partial charge in [0.05, 0.1) is 11.6 Å². The van der Waals surface area contributed by atoms with Gasteiger partial charge in [-0.1, -0.05) is 70.5 Å². The lowest BCUT2D eigenvalue weighted by molar-refractivity contribution is -0.140. The Morgan fingerprint density at radius 2 is 1.63 bits per heavy atom. The van der Waals surface area contributed by atoms with Crippen LogP contribution in [0.1, 0.15) is 22.7 Å². The van der Waals surface area contributed by atoms with Crippen molar-refractivity contribution in [2.45, 2.75) is 12.6 Å². The molecule has 1 amide bonds. The average molecular weight is 535 g/mol. The van der Waals surface area contributed by atoms with Crippen molar-refractivity contribution in [2.75, 3.05) is 27.2 Å². The van der Waals surface area contributed by atoms with Gasteiger partial charge in [0.1, 0.15) is 18.1 Å². The highest BCUT2D eigenvalue weighted by Gasteiger charge is 2.45. The van der Waals surface area contributed by atoms with E-state index >= 15 is 0 Å². The number of rotatable bonds is 8. The van der Waals surface area contributed by atoms with Crippen molar-refractivity contribution in [2.24, 2.45) is 0 Å². The smallest absolute Gasteiger partial charge is 0.295 e. The molecule has 0 bridgehead atoms. The molecule has 1 aliphatic rings. The van der Waals surface area contributed by atoms with E-state index in [9.17, 15) is 14.7 Å². The van der Waals surface area contributed by atoms with Crippen molar-refractivity contribution in [1.29, 1.82) is 0 Å². The molecule has 1 N–H and O–H groups in total. The van der Waals surface area contributed by atoms with E-state index in [0.717, 1.165) is 15.6 Å². The van der Waals surface area contributed by atoms with Crippen molar-refractivity contribution in [3.05, 3.63) is 106 Å². The molecule has 7 heteroatoms. The van der Waals surface area contributed by atoms with Crippen LogP contribution in [-0.2, 0) is 16.2 Å². The Hall–Kier alpha value is -3.42. The molecule has 0 aromatic heterocycles. The number of likely N-dealkylation sites (tertiary alicyclic amines) is 1. The number of nitrogens with zero attached hydrogens (tertiary/aromatic N) is 2. The number of benzene rings is 3. The van der Waals surface area contributed by atoms with E-state index in [1.807, 2.05) is 73.6 Å². The van der Waals surface area contributed by atoms with Gasteiger partial charge in [0, 0.05) is 23.1 Å². The normalized spacial score (nSPS) is 17.3. The number of Topliss-reactive ketones (excluding diaryl/α,β-unsaturated/α-hetero) is 1. The van der Waals surface area contributed by atoms with E-state index < -0.39 is 17.7 Å². The first-order valence-corrected chi connectivity index (χ1v) is 12.1. The summed E-state index contributed by atoms with van der Waals surface area (Å²) in [4.78, 5) is 29.6. The SMILES string of the molecule is CN(C)CCN1C(=O)C(=O)/C(=C(/O)c2ccc(Br)cc2)C1c1ccc(OCc2ccccc2)cc1. The first kappa shape index (κ1) is 24.7. The van der Waals surface area contributed by atoms with E-state index in [-0.39, 0.29) is 11.3 Å². The maximum atomic E-state index is 13.1. The van der Waals surface area contributed by atoms with Crippen molar-refractivity contribution in [1.82, 2.24) is 9.80 Å². The van der Waals surface area contributed by atoms with Gasteiger partial charge in [0.2, 0.25) is 0 Å². The molecule has 0 radical (unpaired) electrons. The molecule has 180 valence electrons. The zero-order valence-corrected chi connectivity index (χ0v) is 21.2. The summed E-state index contributed by atoms with van der Waals surface area (Å²) in [6, 6.07) is 23.5. The van der Waals surface area contributed by atoms with Gasteiger partial charge < -0.3 is 19.6 Å². The molecule has 0 saturated carbocycles. The average Bonchev–Trinajstić information content (AvgIpc) is 3.12. The Labute approximate surface area is 213 Å². The highest BCUT2D eigenvalue weighted by molar-refractivity contribution is 9.10. The van der Waals surface area contributed by atoms with Crippen molar-refractivity contribution in [3.63, 3.8) is 0 Å². The van der Waals surface area contributed by atoms with Gasteiger partial charge in [-0.25, -0.2) is 0 Å². The van der Waals surface area contributed by atoms with Gasteiger partial charge >= 0.3 is 0 Å². The number of halogens is 1. The molecule has 1 heterocycles. The Kier molecular flexibility index (Phi) is 7.68. The van der Waals surface area contributed by atoms with Crippen LogP contribution in [0.2, 0.25) is 0 Å². The fraction of sp³-hybridized carbons (Fsp3) is 0.214. The topological polar surface area (TPSA) is 70.1 Å². The van der Waals surface area contributed by atoms with Gasteiger partial charge in [0.25, 0.3) is 11.7 Å². The second kappa shape index (κ2) is 10.9. The minimum atomic E-state index is -0.693. The Bertz CT molecular complexity index is 1220. The first-order valence-electron chi connectivity index (χ1n) is 11.3. The van der Waals surface area contributed by atoms with Gasteiger partial charge in [-0.3, -0.25) is 9.59 Å². The number of hydrogen-bond donors (Lipinski definition) is 1. The highest BCUT2D eigenvalue weighted by Crippen LogP contribution is 2.39. The second-order valence-corrected chi connectivity index (χ2v) is 9.56. The van der Waals surface area contributed by atoms with E-state index in [1.165, 1.54) is 4.90 Å². The maximum absolute atomic E-state index is 13.1. The van der Waals surface area contributed by atoms with Gasteiger partial charge in [-0.15, -0.1) is 0 Å². The molecule has 3 aromatic carbocycles. The third-order valence-electron chi connectivity index (χ3n) is 5.89. The third kappa shape index (κ3) is 5.63. The molecule has 0 spiro atoms.